The Morgan fingerprint density at radius 1 is 1.59 bits per heavy atom. The lowest BCUT2D eigenvalue weighted by Crippen LogP contribution is -2.18. The summed E-state index contributed by atoms with van der Waals surface area (Å²) in [4.78, 5) is 14.1. The molecule has 2 rings (SSSR count). The molecule has 0 saturated heterocycles. The number of hydrogen-bond donors (Lipinski definition) is 1. The summed E-state index contributed by atoms with van der Waals surface area (Å²) in [5.41, 5.74) is 0.485. The molecule has 0 aromatic carbocycles. The maximum absolute atomic E-state index is 10.8. The third kappa shape index (κ3) is 2.71. The second kappa shape index (κ2) is 5.09. The lowest BCUT2D eigenvalue weighted by molar-refractivity contribution is -0.388. The Hall–Kier alpha value is -1.69. The molecule has 1 aliphatic rings. The summed E-state index contributed by atoms with van der Waals surface area (Å²) >= 11 is 0. The van der Waals surface area contributed by atoms with Crippen molar-refractivity contribution in [3.05, 3.63) is 28.4 Å². The second-order valence-corrected chi connectivity index (χ2v) is 4.14. The first kappa shape index (κ1) is 11.8. The first-order chi connectivity index (χ1) is 8.20. The summed E-state index contributed by atoms with van der Waals surface area (Å²) in [5, 5.41) is 14.0. The van der Waals surface area contributed by atoms with Crippen LogP contribution in [0, 0.1) is 10.1 Å². The Kier molecular flexibility index (Phi) is 3.53. The predicted octanol–water partition coefficient (Wildman–Crippen LogP) is 1.97. The van der Waals surface area contributed by atoms with E-state index in [4.69, 9.17) is 4.74 Å². The third-order valence-corrected chi connectivity index (χ3v) is 3.04. The molecule has 0 amide bonds. The third-order valence-electron chi connectivity index (χ3n) is 3.04. The van der Waals surface area contributed by atoms with Crippen molar-refractivity contribution in [2.45, 2.75) is 31.4 Å². The van der Waals surface area contributed by atoms with E-state index < -0.39 is 4.92 Å². The summed E-state index contributed by atoms with van der Waals surface area (Å²) < 4.78 is 5.27. The van der Waals surface area contributed by atoms with Crippen molar-refractivity contribution in [3.8, 4) is 0 Å². The molecule has 1 aromatic rings. The molecule has 0 radical (unpaired) electrons. The molecule has 6 nitrogen and oxygen atoms in total. The van der Waals surface area contributed by atoms with E-state index in [1.54, 1.807) is 19.2 Å². The Bertz CT molecular complexity index is 411. The maximum Gasteiger partial charge on any atom is 0.386 e. The Morgan fingerprint density at radius 2 is 2.41 bits per heavy atom. The van der Waals surface area contributed by atoms with Crippen LogP contribution < -0.4 is 5.32 Å². The van der Waals surface area contributed by atoms with Crippen LogP contribution in [0.25, 0.3) is 0 Å². The van der Waals surface area contributed by atoms with Crippen molar-refractivity contribution in [1.29, 1.82) is 0 Å². The Balaban J connectivity index is 2.06. The van der Waals surface area contributed by atoms with Crippen molar-refractivity contribution in [2.24, 2.45) is 0 Å². The summed E-state index contributed by atoms with van der Waals surface area (Å²) in [6.45, 7) is 0. The van der Waals surface area contributed by atoms with Crippen LogP contribution in [0.1, 0.15) is 19.3 Å². The van der Waals surface area contributed by atoms with Crippen LogP contribution in [0.4, 0.5) is 11.5 Å². The number of pyridine rings is 1. The van der Waals surface area contributed by atoms with Gasteiger partial charge in [-0.3, -0.25) is 0 Å². The minimum absolute atomic E-state index is 0.117. The second-order valence-electron chi connectivity index (χ2n) is 4.14. The Morgan fingerprint density at radius 3 is 3.06 bits per heavy atom. The molecule has 0 bridgehead atoms. The van der Waals surface area contributed by atoms with Gasteiger partial charge in [0, 0.05) is 13.2 Å². The lowest BCUT2D eigenvalue weighted by Gasteiger charge is -2.13. The van der Waals surface area contributed by atoms with Crippen LogP contribution in [-0.2, 0) is 4.74 Å². The minimum Gasteiger partial charge on any atom is -0.381 e. The maximum atomic E-state index is 10.8. The van der Waals surface area contributed by atoms with E-state index in [-0.39, 0.29) is 18.0 Å². The molecule has 2 unspecified atom stereocenters. The minimum atomic E-state index is -0.467. The highest BCUT2D eigenvalue weighted by atomic mass is 16.6. The molecule has 0 aliphatic heterocycles. The number of aromatic nitrogens is 1. The quantitative estimate of drug-likeness (QED) is 0.639. The molecule has 1 heterocycles. The Labute approximate surface area is 99.2 Å². The molecule has 0 spiro atoms. The first-order valence-electron chi connectivity index (χ1n) is 5.59. The van der Waals surface area contributed by atoms with Gasteiger partial charge in [-0.1, -0.05) is 0 Å². The van der Waals surface area contributed by atoms with E-state index in [0.717, 1.165) is 19.3 Å². The van der Waals surface area contributed by atoms with E-state index in [1.807, 2.05) is 0 Å². The van der Waals surface area contributed by atoms with Gasteiger partial charge in [-0.2, -0.15) is 0 Å². The number of nitrogens with one attached hydrogen (secondary N) is 1. The van der Waals surface area contributed by atoms with Crippen LogP contribution in [0.3, 0.4) is 0 Å². The molecular weight excluding hydrogens is 222 g/mol. The predicted molar refractivity (Wildman–Crippen MR) is 63.0 cm³/mol. The number of methoxy groups -OCH3 is 1. The number of ether oxygens (including phenoxy) is 1. The fourth-order valence-electron chi connectivity index (χ4n) is 2.16. The largest absolute Gasteiger partial charge is 0.386 e. The highest BCUT2D eigenvalue weighted by Gasteiger charge is 2.26. The fraction of sp³-hybridized carbons (Fsp3) is 0.545. The van der Waals surface area contributed by atoms with Gasteiger partial charge in [0.15, 0.2) is 0 Å². The number of hydrogen-bond acceptors (Lipinski definition) is 5. The van der Waals surface area contributed by atoms with E-state index in [0.29, 0.717) is 5.69 Å². The van der Waals surface area contributed by atoms with E-state index in [2.05, 4.69) is 10.3 Å². The van der Waals surface area contributed by atoms with Gasteiger partial charge in [0.1, 0.15) is 11.9 Å². The smallest absolute Gasteiger partial charge is 0.381 e. The standard InChI is InChI=1S/C11H15N3O3/c1-17-9-5-4-8(7-9)13-10-3-2-6-12-11(10)14(15)16/h2-3,6,8-9,13H,4-5,7H2,1H3. The first-order valence-corrected chi connectivity index (χ1v) is 5.59. The SMILES string of the molecule is COC1CCC(Nc2cccnc2[N+](=O)[O-])C1. The molecule has 2 atom stereocenters. The average Bonchev–Trinajstić information content (AvgIpc) is 2.77. The average molecular weight is 237 g/mol. The topological polar surface area (TPSA) is 77.3 Å². The molecule has 1 fully saturated rings. The molecule has 1 saturated carbocycles. The number of rotatable bonds is 4. The number of nitrogens with zero attached hydrogens (tertiary/aromatic N) is 2. The van der Waals surface area contributed by atoms with Crippen molar-refractivity contribution < 1.29 is 9.66 Å². The molecule has 6 heteroatoms. The molecule has 92 valence electrons. The summed E-state index contributed by atoms with van der Waals surface area (Å²) in [5.74, 6) is -0.117. The van der Waals surface area contributed by atoms with Gasteiger partial charge in [-0.05, 0) is 41.3 Å². The number of anilines is 1. The van der Waals surface area contributed by atoms with Crippen LogP contribution in [0.15, 0.2) is 18.3 Å². The molecular formula is C11H15N3O3. The van der Waals surface area contributed by atoms with Crippen LogP contribution in [0.5, 0.6) is 0 Å². The van der Waals surface area contributed by atoms with Crippen LogP contribution in [-0.4, -0.2) is 29.2 Å². The van der Waals surface area contributed by atoms with Crippen molar-refractivity contribution in [3.63, 3.8) is 0 Å². The normalized spacial score (nSPS) is 23.6. The monoisotopic (exact) mass is 237 g/mol. The van der Waals surface area contributed by atoms with Crippen molar-refractivity contribution in [1.82, 2.24) is 4.98 Å². The summed E-state index contributed by atoms with van der Waals surface area (Å²) in [7, 11) is 1.69. The zero-order valence-corrected chi connectivity index (χ0v) is 9.63. The van der Waals surface area contributed by atoms with Crippen LogP contribution in [0.2, 0.25) is 0 Å². The van der Waals surface area contributed by atoms with Gasteiger partial charge in [0.25, 0.3) is 0 Å². The van der Waals surface area contributed by atoms with Gasteiger partial charge in [-0.15, -0.1) is 0 Å². The van der Waals surface area contributed by atoms with Gasteiger partial charge in [0.2, 0.25) is 0 Å². The van der Waals surface area contributed by atoms with Gasteiger partial charge < -0.3 is 20.2 Å². The zero-order valence-electron chi connectivity index (χ0n) is 9.63. The van der Waals surface area contributed by atoms with E-state index in [1.165, 1.54) is 6.20 Å². The van der Waals surface area contributed by atoms with Crippen molar-refractivity contribution in [2.75, 3.05) is 12.4 Å². The van der Waals surface area contributed by atoms with E-state index in [9.17, 15) is 10.1 Å². The van der Waals surface area contributed by atoms with Gasteiger partial charge in [0.05, 0.1) is 6.10 Å². The van der Waals surface area contributed by atoms with Gasteiger partial charge >= 0.3 is 5.82 Å². The van der Waals surface area contributed by atoms with Crippen molar-refractivity contribution >= 4 is 11.5 Å². The highest BCUT2D eigenvalue weighted by Crippen LogP contribution is 2.28. The molecule has 1 aliphatic carbocycles. The molecule has 1 aromatic heterocycles. The van der Waals surface area contributed by atoms with Crippen LogP contribution >= 0.6 is 0 Å². The van der Waals surface area contributed by atoms with Gasteiger partial charge in [-0.25, -0.2) is 0 Å². The summed E-state index contributed by atoms with van der Waals surface area (Å²) in [6, 6.07) is 3.60. The molecule has 1 N–H and O–H groups in total. The summed E-state index contributed by atoms with van der Waals surface area (Å²) in [6.07, 6.45) is 4.51. The fourth-order valence-corrected chi connectivity index (χ4v) is 2.16. The zero-order chi connectivity index (χ0) is 12.3. The lowest BCUT2D eigenvalue weighted by atomic mass is 10.2. The molecule has 17 heavy (non-hydrogen) atoms. The number of nitro groups is 1. The highest BCUT2D eigenvalue weighted by molar-refractivity contribution is 5.57. The van der Waals surface area contributed by atoms with E-state index >= 15 is 0 Å².